The lowest BCUT2D eigenvalue weighted by atomic mass is 9.91. The maximum atomic E-state index is 13.0. The van der Waals surface area contributed by atoms with Crippen molar-refractivity contribution >= 4 is 23.5 Å². The molecule has 1 saturated heterocycles. The van der Waals surface area contributed by atoms with E-state index in [-0.39, 0.29) is 12.5 Å². The van der Waals surface area contributed by atoms with E-state index in [0.717, 1.165) is 5.56 Å². The van der Waals surface area contributed by atoms with E-state index < -0.39 is 11.6 Å². The van der Waals surface area contributed by atoms with Crippen molar-refractivity contribution in [2.75, 3.05) is 14.2 Å². The van der Waals surface area contributed by atoms with E-state index in [1.165, 1.54) is 19.1 Å². The normalized spacial score (nSPS) is 19.5. The number of benzene rings is 2. The van der Waals surface area contributed by atoms with E-state index in [2.05, 4.69) is 5.32 Å². The van der Waals surface area contributed by atoms with Crippen molar-refractivity contribution in [1.82, 2.24) is 10.2 Å². The molecule has 1 atom stereocenters. The Morgan fingerprint density at radius 1 is 1.04 bits per heavy atom. The third-order valence-corrected chi connectivity index (χ3v) is 4.74. The molecule has 0 aliphatic carbocycles. The van der Waals surface area contributed by atoms with Gasteiger partial charge in [-0.15, -0.1) is 0 Å². The molecule has 0 unspecified atom stereocenters. The highest BCUT2D eigenvalue weighted by Crippen LogP contribution is 2.35. The van der Waals surface area contributed by atoms with Crippen molar-refractivity contribution in [1.29, 1.82) is 0 Å². The Morgan fingerprint density at radius 2 is 1.69 bits per heavy atom. The molecule has 1 fully saturated rings. The average molecular weight is 375 g/mol. The largest absolute Gasteiger partial charge is 0.493 e. The molecule has 136 valence electrons. The highest BCUT2D eigenvalue weighted by atomic mass is 35.5. The zero-order chi connectivity index (χ0) is 18.9. The van der Waals surface area contributed by atoms with Crippen LogP contribution < -0.4 is 14.8 Å². The second-order valence-corrected chi connectivity index (χ2v) is 6.58. The number of hydrogen-bond acceptors (Lipinski definition) is 4. The van der Waals surface area contributed by atoms with Crippen LogP contribution in [0.15, 0.2) is 42.5 Å². The van der Waals surface area contributed by atoms with Crippen LogP contribution in [0.25, 0.3) is 0 Å². The summed E-state index contributed by atoms with van der Waals surface area (Å²) in [4.78, 5) is 26.6. The Labute approximate surface area is 156 Å². The molecule has 0 aromatic heterocycles. The van der Waals surface area contributed by atoms with Crippen molar-refractivity contribution in [2.24, 2.45) is 0 Å². The summed E-state index contributed by atoms with van der Waals surface area (Å²) in [6, 6.07) is 11.7. The number of nitrogens with zero attached hydrogens (tertiary/aromatic N) is 1. The predicted octanol–water partition coefficient (Wildman–Crippen LogP) is 3.32. The Balaban J connectivity index is 1.90. The molecule has 1 aliphatic heterocycles. The van der Waals surface area contributed by atoms with E-state index >= 15 is 0 Å². The van der Waals surface area contributed by atoms with Gasteiger partial charge >= 0.3 is 6.03 Å². The Bertz CT molecular complexity index is 853. The van der Waals surface area contributed by atoms with E-state index in [4.69, 9.17) is 21.1 Å². The Morgan fingerprint density at radius 3 is 2.31 bits per heavy atom. The summed E-state index contributed by atoms with van der Waals surface area (Å²) >= 11 is 5.88. The highest BCUT2D eigenvalue weighted by Gasteiger charge is 2.49. The summed E-state index contributed by atoms with van der Waals surface area (Å²) in [5.74, 6) is 0.712. The summed E-state index contributed by atoms with van der Waals surface area (Å²) in [6.07, 6.45) is 0. The second-order valence-electron chi connectivity index (χ2n) is 6.14. The van der Waals surface area contributed by atoms with Gasteiger partial charge in [0.2, 0.25) is 0 Å². The molecule has 2 aromatic carbocycles. The molecular formula is C19H19ClN2O4. The van der Waals surface area contributed by atoms with Crippen molar-refractivity contribution in [3.8, 4) is 11.5 Å². The lowest BCUT2D eigenvalue weighted by molar-refractivity contribution is -0.131. The minimum atomic E-state index is -1.18. The maximum Gasteiger partial charge on any atom is 0.325 e. The van der Waals surface area contributed by atoms with Gasteiger partial charge in [-0.3, -0.25) is 9.69 Å². The maximum absolute atomic E-state index is 13.0. The molecule has 0 spiro atoms. The van der Waals surface area contributed by atoms with E-state index in [0.29, 0.717) is 22.1 Å². The molecule has 3 amide bonds. The summed E-state index contributed by atoms with van der Waals surface area (Å²) < 4.78 is 10.5. The van der Waals surface area contributed by atoms with Crippen LogP contribution >= 0.6 is 11.6 Å². The molecule has 0 bridgehead atoms. The standard InChI is InChI=1S/C19H19ClN2O4/c1-19(13-6-9-15(25-2)16(10-13)26-3)17(23)22(18(24)21-19)11-12-4-7-14(20)8-5-12/h4-10H,11H2,1-3H3,(H,21,24)/t19-/m1/s1. The van der Waals surface area contributed by atoms with Crippen LogP contribution in [0, 0.1) is 0 Å². The predicted molar refractivity (Wildman–Crippen MR) is 97.4 cm³/mol. The topological polar surface area (TPSA) is 67.9 Å². The van der Waals surface area contributed by atoms with Crippen molar-refractivity contribution in [3.63, 3.8) is 0 Å². The summed E-state index contributed by atoms with van der Waals surface area (Å²) in [5, 5.41) is 3.38. The molecule has 2 aromatic rings. The van der Waals surface area contributed by atoms with Crippen LogP contribution in [0.1, 0.15) is 18.1 Å². The molecule has 0 radical (unpaired) electrons. The third-order valence-electron chi connectivity index (χ3n) is 4.49. The molecular weight excluding hydrogens is 356 g/mol. The average Bonchev–Trinajstić information content (AvgIpc) is 2.87. The number of rotatable bonds is 5. The first-order valence-electron chi connectivity index (χ1n) is 8.00. The zero-order valence-electron chi connectivity index (χ0n) is 14.7. The second kappa shape index (κ2) is 6.88. The number of ether oxygens (including phenoxy) is 2. The van der Waals surface area contributed by atoms with Crippen molar-refractivity contribution in [2.45, 2.75) is 19.0 Å². The number of amides is 3. The molecule has 1 heterocycles. The van der Waals surface area contributed by atoms with Gasteiger partial charge in [0.25, 0.3) is 5.91 Å². The van der Waals surface area contributed by atoms with Gasteiger partial charge in [0.05, 0.1) is 20.8 Å². The van der Waals surface area contributed by atoms with Gasteiger partial charge in [0.1, 0.15) is 5.54 Å². The Hall–Kier alpha value is -2.73. The minimum Gasteiger partial charge on any atom is -0.493 e. The summed E-state index contributed by atoms with van der Waals surface area (Å²) in [5.41, 5.74) is 0.254. The number of hydrogen-bond donors (Lipinski definition) is 1. The quantitative estimate of drug-likeness (QED) is 0.815. The highest BCUT2D eigenvalue weighted by molar-refractivity contribution is 6.30. The minimum absolute atomic E-state index is 0.171. The lowest BCUT2D eigenvalue weighted by Crippen LogP contribution is -2.40. The number of imide groups is 1. The third kappa shape index (κ3) is 3.08. The van der Waals surface area contributed by atoms with Crippen LogP contribution in [0.2, 0.25) is 5.02 Å². The van der Waals surface area contributed by atoms with Crippen molar-refractivity contribution < 1.29 is 19.1 Å². The number of carbonyl (C=O) groups is 2. The fraction of sp³-hybridized carbons (Fsp3) is 0.263. The SMILES string of the molecule is COc1ccc([C@@]2(C)NC(=O)N(Cc3ccc(Cl)cc3)C2=O)cc1OC. The molecule has 6 nitrogen and oxygen atoms in total. The van der Waals surface area contributed by atoms with Crippen molar-refractivity contribution in [3.05, 3.63) is 58.6 Å². The fourth-order valence-electron chi connectivity index (χ4n) is 2.96. The van der Waals surface area contributed by atoms with E-state index in [9.17, 15) is 9.59 Å². The smallest absolute Gasteiger partial charge is 0.325 e. The molecule has 0 saturated carbocycles. The van der Waals surface area contributed by atoms with Gasteiger partial charge in [-0.1, -0.05) is 29.8 Å². The molecule has 1 N–H and O–H groups in total. The monoisotopic (exact) mass is 374 g/mol. The first-order chi connectivity index (χ1) is 12.4. The van der Waals surface area contributed by atoms with E-state index in [1.54, 1.807) is 49.4 Å². The number of methoxy groups -OCH3 is 2. The van der Waals surface area contributed by atoms with Crippen LogP contribution in [0.4, 0.5) is 4.79 Å². The number of urea groups is 1. The fourth-order valence-corrected chi connectivity index (χ4v) is 3.08. The van der Waals surface area contributed by atoms with Crippen LogP contribution in [0.3, 0.4) is 0 Å². The Kier molecular flexibility index (Phi) is 4.78. The van der Waals surface area contributed by atoms with E-state index in [1.807, 2.05) is 0 Å². The molecule has 3 rings (SSSR count). The first-order valence-corrected chi connectivity index (χ1v) is 8.38. The lowest BCUT2D eigenvalue weighted by Gasteiger charge is -2.23. The number of nitrogens with one attached hydrogen (secondary N) is 1. The van der Waals surface area contributed by atoms with Crippen LogP contribution in [-0.2, 0) is 16.9 Å². The van der Waals surface area contributed by atoms with Gasteiger partial charge in [-0.05, 0) is 42.3 Å². The van der Waals surface area contributed by atoms with Crippen LogP contribution in [-0.4, -0.2) is 31.1 Å². The van der Waals surface area contributed by atoms with Gasteiger partial charge in [0.15, 0.2) is 11.5 Å². The zero-order valence-corrected chi connectivity index (χ0v) is 15.5. The first kappa shape index (κ1) is 18.1. The van der Waals surface area contributed by atoms with Gasteiger partial charge in [0, 0.05) is 5.02 Å². The van der Waals surface area contributed by atoms with Gasteiger partial charge < -0.3 is 14.8 Å². The summed E-state index contributed by atoms with van der Waals surface area (Å²) in [6.45, 7) is 1.85. The molecule has 26 heavy (non-hydrogen) atoms. The molecule has 1 aliphatic rings. The van der Waals surface area contributed by atoms with Crippen LogP contribution in [0.5, 0.6) is 11.5 Å². The van der Waals surface area contributed by atoms with Gasteiger partial charge in [-0.2, -0.15) is 0 Å². The number of carbonyl (C=O) groups excluding carboxylic acids is 2. The number of halogens is 1. The molecule has 7 heteroatoms. The van der Waals surface area contributed by atoms with Gasteiger partial charge in [-0.25, -0.2) is 4.79 Å². The summed E-state index contributed by atoms with van der Waals surface area (Å²) in [7, 11) is 3.06.